The zero-order chi connectivity index (χ0) is 26.2. The molecule has 0 aliphatic carbocycles. The van der Waals surface area contributed by atoms with E-state index in [4.69, 9.17) is 0 Å². The highest BCUT2D eigenvalue weighted by atomic mass is 19.1. The Hall–Kier alpha value is -3.82. The number of benzene rings is 2. The van der Waals surface area contributed by atoms with Gasteiger partial charge in [0.15, 0.2) is 0 Å². The number of rotatable bonds is 9. The van der Waals surface area contributed by atoms with Crippen LogP contribution in [0.5, 0.6) is 0 Å². The number of halogens is 2. The van der Waals surface area contributed by atoms with Crippen LogP contribution in [0, 0.1) is 11.6 Å². The Morgan fingerprint density at radius 2 is 1.57 bits per heavy atom. The van der Waals surface area contributed by atoms with Crippen LogP contribution in [0.4, 0.5) is 8.78 Å². The minimum absolute atomic E-state index is 0.0316. The average Bonchev–Trinajstić information content (AvgIpc) is 2.75. The summed E-state index contributed by atoms with van der Waals surface area (Å²) < 4.78 is 28.3. The third-order valence-corrected chi connectivity index (χ3v) is 4.70. The Kier molecular flexibility index (Phi) is 9.44. The molecule has 1 atom stereocenters. The molecule has 0 saturated carbocycles. The molecule has 0 aromatic heterocycles. The van der Waals surface area contributed by atoms with Gasteiger partial charge in [0.25, 0.3) is 5.91 Å². The lowest BCUT2D eigenvalue weighted by molar-refractivity contribution is -0.131. The van der Waals surface area contributed by atoms with Crippen LogP contribution < -0.4 is 21.3 Å². The molecule has 10 heteroatoms. The second-order valence-electron chi connectivity index (χ2n) is 8.98. The van der Waals surface area contributed by atoms with Crippen LogP contribution in [0.15, 0.2) is 42.5 Å². The third kappa shape index (κ3) is 8.80. The highest BCUT2D eigenvalue weighted by molar-refractivity contribution is 5.96. The fourth-order valence-corrected chi connectivity index (χ4v) is 3.25. The third-order valence-electron chi connectivity index (χ3n) is 4.70. The molecule has 35 heavy (non-hydrogen) atoms. The lowest BCUT2D eigenvalue weighted by Crippen LogP contribution is -2.51. The zero-order valence-electron chi connectivity index (χ0n) is 20.1. The molecule has 4 N–H and O–H groups in total. The molecule has 0 saturated heterocycles. The van der Waals surface area contributed by atoms with Crippen LogP contribution in [0.1, 0.15) is 44.5 Å². The molecule has 0 bridgehead atoms. The van der Waals surface area contributed by atoms with Gasteiger partial charge in [-0.05, 0) is 44.5 Å². The maximum atomic E-state index is 14.2. The smallest absolute Gasteiger partial charge is 0.254 e. The zero-order valence-corrected chi connectivity index (χ0v) is 20.1. The summed E-state index contributed by atoms with van der Waals surface area (Å²) in [6.07, 6.45) is -0.261. The van der Waals surface area contributed by atoms with E-state index in [0.29, 0.717) is 5.56 Å². The number of amides is 4. The van der Waals surface area contributed by atoms with E-state index in [2.05, 4.69) is 21.3 Å². The maximum Gasteiger partial charge on any atom is 0.254 e. The highest BCUT2D eigenvalue weighted by Crippen LogP contribution is 2.24. The molecule has 0 fully saturated rings. The average molecular weight is 489 g/mol. The first-order valence-corrected chi connectivity index (χ1v) is 11.1. The van der Waals surface area contributed by atoms with Gasteiger partial charge in [0.2, 0.25) is 17.7 Å². The van der Waals surface area contributed by atoms with E-state index in [1.807, 2.05) is 0 Å². The SMILES string of the molecule is CC(=O)N[C@@H](CC(=O)NC(C)(C)C)C(=O)NCCNC(=O)c1cc(-c2ccccc2F)ccc1F. The van der Waals surface area contributed by atoms with Crippen molar-refractivity contribution in [3.8, 4) is 11.1 Å². The Bertz CT molecular complexity index is 1100. The monoisotopic (exact) mass is 488 g/mol. The van der Waals surface area contributed by atoms with Crippen LogP contribution in [0.3, 0.4) is 0 Å². The summed E-state index contributed by atoms with van der Waals surface area (Å²) in [6, 6.07) is 8.56. The van der Waals surface area contributed by atoms with Crippen molar-refractivity contribution in [3.63, 3.8) is 0 Å². The lowest BCUT2D eigenvalue weighted by atomic mass is 10.0. The van der Waals surface area contributed by atoms with Gasteiger partial charge in [-0.1, -0.05) is 24.3 Å². The molecule has 0 heterocycles. The van der Waals surface area contributed by atoms with Crippen LogP contribution >= 0.6 is 0 Å². The van der Waals surface area contributed by atoms with Gasteiger partial charge in [-0.3, -0.25) is 19.2 Å². The maximum absolute atomic E-state index is 14.2. The summed E-state index contributed by atoms with van der Waals surface area (Å²) in [5.41, 5.74) is -0.202. The molecule has 8 nitrogen and oxygen atoms in total. The van der Waals surface area contributed by atoms with Crippen molar-refractivity contribution in [1.29, 1.82) is 0 Å². The summed E-state index contributed by atoms with van der Waals surface area (Å²) in [7, 11) is 0. The van der Waals surface area contributed by atoms with Crippen molar-refractivity contribution < 1.29 is 28.0 Å². The van der Waals surface area contributed by atoms with E-state index >= 15 is 0 Å². The van der Waals surface area contributed by atoms with E-state index in [-0.39, 0.29) is 30.6 Å². The molecule has 0 unspecified atom stereocenters. The molecule has 0 radical (unpaired) electrons. The molecule has 4 amide bonds. The van der Waals surface area contributed by atoms with Crippen molar-refractivity contribution in [2.24, 2.45) is 0 Å². The van der Waals surface area contributed by atoms with Crippen LogP contribution in [0.25, 0.3) is 11.1 Å². The number of nitrogens with one attached hydrogen (secondary N) is 4. The molecule has 2 aromatic rings. The van der Waals surface area contributed by atoms with Gasteiger partial charge in [0.05, 0.1) is 12.0 Å². The van der Waals surface area contributed by atoms with Crippen molar-refractivity contribution >= 4 is 23.6 Å². The molecule has 2 aromatic carbocycles. The van der Waals surface area contributed by atoms with E-state index in [9.17, 15) is 28.0 Å². The van der Waals surface area contributed by atoms with Gasteiger partial charge in [0, 0.05) is 31.1 Å². The van der Waals surface area contributed by atoms with Crippen LogP contribution in [-0.2, 0) is 14.4 Å². The fraction of sp³-hybridized carbons (Fsp3) is 0.360. The van der Waals surface area contributed by atoms with E-state index in [1.165, 1.54) is 37.3 Å². The van der Waals surface area contributed by atoms with Gasteiger partial charge in [-0.25, -0.2) is 8.78 Å². The Morgan fingerprint density at radius 3 is 2.20 bits per heavy atom. The van der Waals surface area contributed by atoms with Gasteiger partial charge in [-0.2, -0.15) is 0 Å². The molecule has 0 aliphatic heterocycles. The summed E-state index contributed by atoms with van der Waals surface area (Å²) in [4.78, 5) is 48.5. The Morgan fingerprint density at radius 1 is 0.914 bits per heavy atom. The first-order valence-electron chi connectivity index (χ1n) is 11.1. The number of carbonyl (C=O) groups excluding carboxylic acids is 4. The highest BCUT2D eigenvalue weighted by Gasteiger charge is 2.24. The van der Waals surface area contributed by atoms with E-state index < -0.39 is 46.8 Å². The number of hydrogen-bond acceptors (Lipinski definition) is 4. The Balaban J connectivity index is 1.95. The fourth-order valence-electron chi connectivity index (χ4n) is 3.25. The van der Waals surface area contributed by atoms with Gasteiger partial charge in [-0.15, -0.1) is 0 Å². The molecule has 0 spiro atoms. The van der Waals surface area contributed by atoms with Crippen molar-refractivity contribution in [1.82, 2.24) is 21.3 Å². The van der Waals surface area contributed by atoms with Crippen molar-refractivity contribution in [2.45, 2.75) is 45.7 Å². The Labute approximate surface area is 202 Å². The largest absolute Gasteiger partial charge is 0.353 e. The summed E-state index contributed by atoms with van der Waals surface area (Å²) in [5, 5.41) is 10.2. The van der Waals surface area contributed by atoms with Gasteiger partial charge < -0.3 is 21.3 Å². The normalized spacial score (nSPS) is 11.8. The molecular formula is C25H30F2N4O4. The van der Waals surface area contributed by atoms with E-state index in [1.54, 1.807) is 26.8 Å². The number of carbonyl (C=O) groups is 4. The van der Waals surface area contributed by atoms with Crippen LogP contribution in [-0.4, -0.2) is 48.3 Å². The number of hydrogen-bond donors (Lipinski definition) is 4. The second kappa shape index (κ2) is 12.0. The van der Waals surface area contributed by atoms with Gasteiger partial charge in [0.1, 0.15) is 17.7 Å². The first kappa shape index (κ1) is 27.4. The summed E-state index contributed by atoms with van der Waals surface area (Å²) in [5.74, 6) is -3.51. The minimum Gasteiger partial charge on any atom is -0.353 e. The van der Waals surface area contributed by atoms with Crippen molar-refractivity contribution in [3.05, 3.63) is 59.7 Å². The quantitative estimate of drug-likeness (QED) is 0.405. The minimum atomic E-state index is -1.10. The predicted molar refractivity (Wildman–Crippen MR) is 127 cm³/mol. The van der Waals surface area contributed by atoms with Crippen LogP contribution in [0.2, 0.25) is 0 Å². The topological polar surface area (TPSA) is 116 Å². The molecule has 0 aliphatic rings. The summed E-state index contributed by atoms with van der Waals surface area (Å²) in [6.45, 7) is 6.51. The summed E-state index contributed by atoms with van der Waals surface area (Å²) >= 11 is 0. The van der Waals surface area contributed by atoms with Crippen molar-refractivity contribution in [2.75, 3.05) is 13.1 Å². The molecule has 2 rings (SSSR count). The standard InChI is InChI=1S/C25H30F2N4O4/c1-15(32)30-21(14-22(33)31-25(2,3)4)24(35)29-12-11-28-23(34)18-13-16(9-10-20(18)27)17-7-5-6-8-19(17)26/h5-10,13,21H,11-12,14H2,1-4H3,(H,28,34)(H,29,35)(H,30,32)(H,31,33)/t21-/m0/s1. The lowest BCUT2D eigenvalue weighted by Gasteiger charge is -2.23. The molecular weight excluding hydrogens is 458 g/mol. The first-order chi connectivity index (χ1) is 16.4. The predicted octanol–water partition coefficient (Wildman–Crippen LogP) is 2.29. The van der Waals surface area contributed by atoms with Gasteiger partial charge >= 0.3 is 0 Å². The second-order valence-corrected chi connectivity index (χ2v) is 8.98. The molecule has 188 valence electrons. The van der Waals surface area contributed by atoms with E-state index in [0.717, 1.165) is 6.07 Å².